The Hall–Kier alpha value is -2.08. The summed E-state index contributed by atoms with van der Waals surface area (Å²) in [7, 11) is 3.97. The summed E-state index contributed by atoms with van der Waals surface area (Å²) in [5, 5.41) is 5.74. The van der Waals surface area contributed by atoms with Gasteiger partial charge in [0.25, 0.3) is 0 Å². The third-order valence-corrected chi connectivity index (χ3v) is 4.53. The molecule has 1 unspecified atom stereocenters. The SMILES string of the molecule is CC(C)C(=O)Nc1ccc(NC(=O)N(C)CC2CCCN(C)C2)cc1. The Labute approximate surface area is 150 Å². The van der Waals surface area contributed by atoms with Gasteiger partial charge in [0.05, 0.1) is 0 Å². The Morgan fingerprint density at radius 1 is 1.20 bits per heavy atom. The molecule has 1 atom stereocenters. The predicted molar refractivity (Wildman–Crippen MR) is 102 cm³/mol. The van der Waals surface area contributed by atoms with E-state index in [1.807, 2.05) is 20.9 Å². The standard InChI is InChI=1S/C19H30N4O2/c1-14(2)18(24)20-16-7-9-17(10-8-16)21-19(25)23(4)13-15-6-5-11-22(3)12-15/h7-10,14-15H,5-6,11-13H2,1-4H3,(H,20,24)(H,21,25). The van der Waals surface area contributed by atoms with Crippen molar-refractivity contribution in [2.75, 3.05) is 44.4 Å². The first-order chi connectivity index (χ1) is 11.8. The second kappa shape index (κ2) is 8.85. The first kappa shape index (κ1) is 19.2. The van der Waals surface area contributed by atoms with E-state index in [9.17, 15) is 9.59 Å². The maximum absolute atomic E-state index is 12.4. The Morgan fingerprint density at radius 2 is 1.80 bits per heavy atom. The summed E-state index contributed by atoms with van der Waals surface area (Å²) >= 11 is 0. The van der Waals surface area contributed by atoms with Crippen LogP contribution in [0.25, 0.3) is 0 Å². The quantitative estimate of drug-likeness (QED) is 0.861. The van der Waals surface area contributed by atoms with Gasteiger partial charge in [-0.25, -0.2) is 4.79 Å². The number of amides is 3. The molecule has 6 heteroatoms. The molecule has 0 saturated carbocycles. The number of hydrogen-bond acceptors (Lipinski definition) is 3. The van der Waals surface area contributed by atoms with E-state index in [0.717, 1.165) is 31.0 Å². The Balaban J connectivity index is 1.84. The van der Waals surface area contributed by atoms with Crippen LogP contribution >= 0.6 is 0 Å². The number of hydrogen-bond donors (Lipinski definition) is 2. The van der Waals surface area contributed by atoms with E-state index in [1.54, 1.807) is 29.2 Å². The molecule has 1 aliphatic heterocycles. The summed E-state index contributed by atoms with van der Waals surface area (Å²) in [5.41, 5.74) is 1.45. The Kier molecular flexibility index (Phi) is 6.82. The molecule has 0 aromatic heterocycles. The zero-order valence-electron chi connectivity index (χ0n) is 15.7. The number of nitrogens with one attached hydrogen (secondary N) is 2. The third kappa shape index (κ3) is 6.05. The number of urea groups is 1. The first-order valence-electron chi connectivity index (χ1n) is 8.96. The van der Waals surface area contributed by atoms with Gasteiger partial charge in [0.15, 0.2) is 0 Å². The molecule has 1 aromatic carbocycles. The molecular formula is C19H30N4O2. The largest absolute Gasteiger partial charge is 0.327 e. The van der Waals surface area contributed by atoms with Gasteiger partial charge in [-0.3, -0.25) is 4.79 Å². The number of nitrogens with zero attached hydrogens (tertiary/aromatic N) is 2. The molecule has 0 bridgehead atoms. The monoisotopic (exact) mass is 346 g/mol. The minimum atomic E-state index is -0.104. The molecule has 1 saturated heterocycles. The normalized spacial score (nSPS) is 18.0. The summed E-state index contributed by atoms with van der Waals surface area (Å²) in [5.74, 6) is 0.448. The highest BCUT2D eigenvalue weighted by Crippen LogP contribution is 2.17. The zero-order chi connectivity index (χ0) is 18.4. The maximum Gasteiger partial charge on any atom is 0.321 e. The molecule has 6 nitrogen and oxygen atoms in total. The third-order valence-electron chi connectivity index (χ3n) is 4.53. The maximum atomic E-state index is 12.4. The van der Waals surface area contributed by atoms with E-state index in [1.165, 1.54) is 12.8 Å². The Bertz CT molecular complexity index is 586. The average molecular weight is 346 g/mol. The zero-order valence-corrected chi connectivity index (χ0v) is 15.7. The van der Waals surface area contributed by atoms with E-state index < -0.39 is 0 Å². The van der Waals surface area contributed by atoms with Gasteiger partial charge in [0.2, 0.25) is 5.91 Å². The average Bonchev–Trinajstić information content (AvgIpc) is 2.56. The topological polar surface area (TPSA) is 64.7 Å². The van der Waals surface area contributed by atoms with Crippen molar-refractivity contribution < 1.29 is 9.59 Å². The van der Waals surface area contributed by atoms with Crippen molar-refractivity contribution >= 4 is 23.3 Å². The van der Waals surface area contributed by atoms with Gasteiger partial charge < -0.3 is 20.4 Å². The smallest absolute Gasteiger partial charge is 0.321 e. The second-order valence-electron chi connectivity index (χ2n) is 7.30. The molecular weight excluding hydrogens is 316 g/mol. The van der Waals surface area contributed by atoms with E-state index >= 15 is 0 Å². The lowest BCUT2D eigenvalue weighted by Crippen LogP contribution is -2.41. The van der Waals surface area contributed by atoms with Crippen molar-refractivity contribution in [1.29, 1.82) is 0 Å². The van der Waals surface area contributed by atoms with Crippen LogP contribution in [0.5, 0.6) is 0 Å². The lowest BCUT2D eigenvalue weighted by molar-refractivity contribution is -0.118. The van der Waals surface area contributed by atoms with Crippen molar-refractivity contribution in [2.45, 2.75) is 26.7 Å². The fraction of sp³-hybridized carbons (Fsp3) is 0.579. The molecule has 0 radical (unpaired) electrons. The minimum absolute atomic E-state index is 0.0195. The lowest BCUT2D eigenvalue weighted by atomic mass is 9.98. The summed E-state index contributed by atoms with van der Waals surface area (Å²) in [6.45, 7) is 6.65. The molecule has 3 amide bonds. The highest BCUT2D eigenvalue weighted by molar-refractivity contribution is 5.93. The van der Waals surface area contributed by atoms with Crippen LogP contribution < -0.4 is 10.6 Å². The fourth-order valence-corrected chi connectivity index (χ4v) is 3.03. The van der Waals surface area contributed by atoms with Gasteiger partial charge in [0.1, 0.15) is 0 Å². The number of carbonyl (C=O) groups excluding carboxylic acids is 2. The molecule has 1 aliphatic rings. The lowest BCUT2D eigenvalue weighted by Gasteiger charge is -2.32. The number of anilines is 2. The fourth-order valence-electron chi connectivity index (χ4n) is 3.03. The van der Waals surface area contributed by atoms with Crippen molar-refractivity contribution in [3.8, 4) is 0 Å². The first-order valence-corrected chi connectivity index (χ1v) is 8.96. The van der Waals surface area contributed by atoms with Crippen LogP contribution in [0.15, 0.2) is 24.3 Å². The summed E-state index contributed by atoms with van der Waals surface area (Å²) in [6.07, 6.45) is 2.37. The highest BCUT2D eigenvalue weighted by Gasteiger charge is 2.20. The van der Waals surface area contributed by atoms with Crippen LogP contribution in [0.4, 0.5) is 16.2 Å². The number of likely N-dealkylation sites (tertiary alicyclic amines) is 1. The van der Waals surface area contributed by atoms with E-state index in [-0.39, 0.29) is 17.9 Å². The summed E-state index contributed by atoms with van der Waals surface area (Å²) in [6, 6.07) is 7.09. The summed E-state index contributed by atoms with van der Waals surface area (Å²) < 4.78 is 0. The molecule has 1 aromatic rings. The van der Waals surface area contributed by atoms with Gasteiger partial charge in [-0.15, -0.1) is 0 Å². The number of carbonyl (C=O) groups is 2. The number of benzene rings is 1. The van der Waals surface area contributed by atoms with Crippen LogP contribution in [0.1, 0.15) is 26.7 Å². The van der Waals surface area contributed by atoms with Crippen LogP contribution in [0.2, 0.25) is 0 Å². The van der Waals surface area contributed by atoms with E-state index in [2.05, 4.69) is 22.6 Å². The van der Waals surface area contributed by atoms with E-state index in [4.69, 9.17) is 0 Å². The molecule has 2 N–H and O–H groups in total. The summed E-state index contributed by atoms with van der Waals surface area (Å²) in [4.78, 5) is 28.1. The molecule has 0 spiro atoms. The minimum Gasteiger partial charge on any atom is -0.327 e. The van der Waals surface area contributed by atoms with Crippen molar-refractivity contribution in [1.82, 2.24) is 9.80 Å². The van der Waals surface area contributed by atoms with Gasteiger partial charge in [0, 0.05) is 37.4 Å². The van der Waals surface area contributed by atoms with Gasteiger partial charge >= 0.3 is 6.03 Å². The van der Waals surface area contributed by atoms with Crippen LogP contribution in [-0.2, 0) is 4.79 Å². The molecule has 1 fully saturated rings. The Morgan fingerprint density at radius 3 is 2.36 bits per heavy atom. The van der Waals surface area contributed by atoms with Gasteiger partial charge in [-0.2, -0.15) is 0 Å². The molecule has 138 valence electrons. The predicted octanol–water partition coefficient (Wildman–Crippen LogP) is 3.09. The number of rotatable bonds is 5. The molecule has 2 rings (SSSR count). The molecule has 1 heterocycles. The second-order valence-corrected chi connectivity index (χ2v) is 7.30. The van der Waals surface area contributed by atoms with Crippen LogP contribution in [0.3, 0.4) is 0 Å². The molecule has 0 aliphatic carbocycles. The van der Waals surface area contributed by atoms with Gasteiger partial charge in [-0.05, 0) is 56.6 Å². The van der Waals surface area contributed by atoms with Crippen LogP contribution in [0, 0.1) is 11.8 Å². The van der Waals surface area contributed by atoms with Crippen molar-refractivity contribution in [2.24, 2.45) is 11.8 Å². The van der Waals surface area contributed by atoms with Crippen molar-refractivity contribution in [3.63, 3.8) is 0 Å². The van der Waals surface area contributed by atoms with Crippen molar-refractivity contribution in [3.05, 3.63) is 24.3 Å². The molecule has 25 heavy (non-hydrogen) atoms. The highest BCUT2D eigenvalue weighted by atomic mass is 16.2. The van der Waals surface area contributed by atoms with Gasteiger partial charge in [-0.1, -0.05) is 13.8 Å². The van der Waals surface area contributed by atoms with E-state index in [0.29, 0.717) is 5.92 Å². The van der Waals surface area contributed by atoms with Crippen LogP contribution in [-0.4, -0.2) is 55.5 Å². The number of piperidine rings is 1.